The van der Waals surface area contributed by atoms with Gasteiger partial charge < -0.3 is 5.32 Å². The molecule has 0 saturated heterocycles. The Kier molecular flexibility index (Phi) is 3.67. The molecule has 0 amide bonds. The van der Waals surface area contributed by atoms with Gasteiger partial charge in [0.1, 0.15) is 0 Å². The minimum absolute atomic E-state index is 0.113. The van der Waals surface area contributed by atoms with Crippen LogP contribution in [-0.4, -0.2) is 9.97 Å². The lowest BCUT2D eigenvalue weighted by atomic mass is 10.2. The standard InChI is InChI=1S/C13H14ClN3O/c1-3-11-8(2)12(18)17-13(16-11)15-10-6-4-9(14)5-7-10/h4-7H,3H2,1-2H3,(H2,15,16,17,18). The highest BCUT2D eigenvalue weighted by Crippen LogP contribution is 2.16. The van der Waals surface area contributed by atoms with E-state index < -0.39 is 0 Å². The van der Waals surface area contributed by atoms with E-state index in [0.717, 1.165) is 17.8 Å². The van der Waals surface area contributed by atoms with Crippen molar-refractivity contribution in [1.29, 1.82) is 0 Å². The zero-order valence-corrected chi connectivity index (χ0v) is 11.0. The molecule has 5 heteroatoms. The van der Waals surface area contributed by atoms with Crippen molar-refractivity contribution in [2.45, 2.75) is 20.3 Å². The third-order valence-corrected chi connectivity index (χ3v) is 2.95. The Hall–Kier alpha value is -1.81. The first kappa shape index (κ1) is 12.6. The Morgan fingerprint density at radius 1 is 1.33 bits per heavy atom. The van der Waals surface area contributed by atoms with E-state index in [0.29, 0.717) is 16.5 Å². The van der Waals surface area contributed by atoms with Gasteiger partial charge in [0.25, 0.3) is 5.56 Å². The van der Waals surface area contributed by atoms with Gasteiger partial charge >= 0.3 is 0 Å². The SMILES string of the molecule is CCc1nc(Nc2ccc(Cl)cc2)[nH]c(=O)c1C. The van der Waals surface area contributed by atoms with Crippen molar-refractivity contribution in [2.75, 3.05) is 5.32 Å². The van der Waals surface area contributed by atoms with Crippen molar-refractivity contribution in [2.24, 2.45) is 0 Å². The van der Waals surface area contributed by atoms with Crippen LogP contribution in [0.1, 0.15) is 18.2 Å². The van der Waals surface area contributed by atoms with E-state index in [1.54, 1.807) is 19.1 Å². The predicted octanol–water partition coefficient (Wildman–Crippen LogP) is 3.04. The summed E-state index contributed by atoms with van der Waals surface area (Å²) in [5.74, 6) is 0.449. The van der Waals surface area contributed by atoms with Crippen LogP contribution >= 0.6 is 11.6 Å². The van der Waals surface area contributed by atoms with Gasteiger partial charge in [-0.2, -0.15) is 0 Å². The monoisotopic (exact) mass is 263 g/mol. The number of aromatic amines is 1. The summed E-state index contributed by atoms with van der Waals surface area (Å²) in [5, 5.41) is 3.72. The molecule has 0 atom stereocenters. The highest BCUT2D eigenvalue weighted by Gasteiger charge is 2.05. The predicted molar refractivity (Wildman–Crippen MR) is 73.7 cm³/mol. The minimum Gasteiger partial charge on any atom is -0.326 e. The summed E-state index contributed by atoms with van der Waals surface area (Å²) in [5.41, 5.74) is 2.18. The van der Waals surface area contributed by atoms with Crippen molar-refractivity contribution in [1.82, 2.24) is 9.97 Å². The van der Waals surface area contributed by atoms with Crippen molar-refractivity contribution in [3.05, 3.63) is 50.9 Å². The van der Waals surface area contributed by atoms with E-state index in [1.807, 2.05) is 19.1 Å². The molecule has 0 aliphatic carbocycles. The van der Waals surface area contributed by atoms with Gasteiger partial charge in [0.05, 0.1) is 5.69 Å². The number of rotatable bonds is 3. The molecule has 2 N–H and O–H groups in total. The van der Waals surface area contributed by atoms with E-state index in [-0.39, 0.29) is 5.56 Å². The Bertz CT molecular complexity index is 605. The zero-order chi connectivity index (χ0) is 13.1. The lowest BCUT2D eigenvalue weighted by Crippen LogP contribution is -2.16. The fourth-order valence-electron chi connectivity index (χ4n) is 1.65. The molecule has 4 nitrogen and oxygen atoms in total. The maximum atomic E-state index is 11.7. The molecule has 18 heavy (non-hydrogen) atoms. The number of anilines is 2. The normalized spacial score (nSPS) is 10.4. The summed E-state index contributed by atoms with van der Waals surface area (Å²) in [6.45, 7) is 3.75. The molecule has 0 bridgehead atoms. The van der Waals surface area contributed by atoms with Gasteiger partial charge in [-0.15, -0.1) is 0 Å². The summed E-state index contributed by atoms with van der Waals surface area (Å²) in [6, 6.07) is 7.20. The van der Waals surface area contributed by atoms with Crippen LogP contribution in [0.3, 0.4) is 0 Å². The van der Waals surface area contributed by atoms with Crippen LogP contribution in [0, 0.1) is 6.92 Å². The molecule has 1 heterocycles. The topological polar surface area (TPSA) is 57.8 Å². The number of halogens is 1. The zero-order valence-electron chi connectivity index (χ0n) is 10.2. The van der Waals surface area contributed by atoms with Crippen LogP contribution < -0.4 is 10.9 Å². The van der Waals surface area contributed by atoms with Crippen molar-refractivity contribution < 1.29 is 0 Å². The molecular formula is C13H14ClN3O. The summed E-state index contributed by atoms with van der Waals surface area (Å²) in [6.07, 6.45) is 0.727. The fraction of sp³-hybridized carbons (Fsp3) is 0.231. The van der Waals surface area contributed by atoms with Crippen LogP contribution in [-0.2, 0) is 6.42 Å². The number of benzene rings is 1. The molecule has 1 aromatic carbocycles. The Morgan fingerprint density at radius 3 is 2.61 bits per heavy atom. The van der Waals surface area contributed by atoms with Crippen molar-refractivity contribution in [3.63, 3.8) is 0 Å². The van der Waals surface area contributed by atoms with E-state index in [9.17, 15) is 4.79 Å². The second-order valence-electron chi connectivity index (χ2n) is 3.97. The van der Waals surface area contributed by atoms with Crippen LogP contribution in [0.5, 0.6) is 0 Å². The third-order valence-electron chi connectivity index (χ3n) is 2.69. The number of nitrogens with zero attached hydrogens (tertiary/aromatic N) is 1. The lowest BCUT2D eigenvalue weighted by Gasteiger charge is -2.08. The van der Waals surface area contributed by atoms with E-state index in [1.165, 1.54) is 0 Å². The van der Waals surface area contributed by atoms with Gasteiger partial charge in [0.2, 0.25) is 5.95 Å². The number of hydrogen-bond acceptors (Lipinski definition) is 3. The molecule has 94 valence electrons. The van der Waals surface area contributed by atoms with Gasteiger partial charge in [0.15, 0.2) is 0 Å². The van der Waals surface area contributed by atoms with E-state index >= 15 is 0 Å². The van der Waals surface area contributed by atoms with Gasteiger partial charge in [-0.25, -0.2) is 4.98 Å². The average Bonchev–Trinajstić information content (AvgIpc) is 2.36. The molecule has 1 aromatic heterocycles. The Morgan fingerprint density at radius 2 is 2.00 bits per heavy atom. The summed E-state index contributed by atoms with van der Waals surface area (Å²) < 4.78 is 0. The minimum atomic E-state index is -0.113. The van der Waals surface area contributed by atoms with Gasteiger partial charge in [-0.05, 0) is 37.6 Å². The smallest absolute Gasteiger partial charge is 0.255 e. The van der Waals surface area contributed by atoms with E-state index in [2.05, 4.69) is 15.3 Å². The van der Waals surface area contributed by atoms with Crippen LogP contribution in [0.15, 0.2) is 29.1 Å². The number of hydrogen-bond donors (Lipinski definition) is 2. The van der Waals surface area contributed by atoms with Gasteiger partial charge in [0, 0.05) is 16.3 Å². The summed E-state index contributed by atoms with van der Waals surface area (Å²) in [4.78, 5) is 18.8. The lowest BCUT2D eigenvalue weighted by molar-refractivity contribution is 0.954. The van der Waals surface area contributed by atoms with Crippen molar-refractivity contribution >= 4 is 23.2 Å². The highest BCUT2D eigenvalue weighted by atomic mass is 35.5. The molecule has 0 saturated carbocycles. The molecule has 0 radical (unpaired) electrons. The first-order valence-corrected chi connectivity index (χ1v) is 6.10. The Balaban J connectivity index is 2.32. The first-order valence-electron chi connectivity index (χ1n) is 5.72. The highest BCUT2D eigenvalue weighted by molar-refractivity contribution is 6.30. The molecule has 0 unspecified atom stereocenters. The third kappa shape index (κ3) is 2.71. The number of aromatic nitrogens is 2. The second kappa shape index (κ2) is 5.23. The second-order valence-corrected chi connectivity index (χ2v) is 4.41. The average molecular weight is 264 g/mol. The molecule has 2 aromatic rings. The summed E-state index contributed by atoms with van der Waals surface area (Å²) in [7, 11) is 0. The fourth-order valence-corrected chi connectivity index (χ4v) is 1.78. The Labute approximate surface area is 110 Å². The van der Waals surface area contributed by atoms with Gasteiger partial charge in [-0.1, -0.05) is 18.5 Å². The van der Waals surface area contributed by atoms with Crippen molar-refractivity contribution in [3.8, 4) is 0 Å². The largest absolute Gasteiger partial charge is 0.326 e. The molecule has 0 aliphatic rings. The number of nitrogens with one attached hydrogen (secondary N) is 2. The van der Waals surface area contributed by atoms with Crippen LogP contribution in [0.25, 0.3) is 0 Å². The number of H-pyrrole nitrogens is 1. The summed E-state index contributed by atoms with van der Waals surface area (Å²) >= 11 is 5.81. The molecular weight excluding hydrogens is 250 g/mol. The maximum absolute atomic E-state index is 11.7. The maximum Gasteiger partial charge on any atom is 0.255 e. The molecule has 0 fully saturated rings. The van der Waals surface area contributed by atoms with Crippen LogP contribution in [0.4, 0.5) is 11.6 Å². The number of aryl methyl sites for hydroxylation is 1. The van der Waals surface area contributed by atoms with Gasteiger partial charge in [-0.3, -0.25) is 9.78 Å². The molecule has 0 aliphatic heterocycles. The first-order chi connectivity index (χ1) is 8.60. The van der Waals surface area contributed by atoms with Crippen LogP contribution in [0.2, 0.25) is 5.02 Å². The molecule has 2 rings (SSSR count). The molecule has 0 spiro atoms. The van der Waals surface area contributed by atoms with E-state index in [4.69, 9.17) is 11.6 Å². The quantitative estimate of drug-likeness (QED) is 0.895.